The number of carbonyl (C=O) groups excluding carboxylic acids is 1. The van der Waals surface area contributed by atoms with E-state index in [-0.39, 0.29) is 11.4 Å². The summed E-state index contributed by atoms with van der Waals surface area (Å²) in [7, 11) is 0. The minimum atomic E-state index is -0.397. The number of benzene rings is 1. The third kappa shape index (κ3) is 3.11. The number of nitrogens with one attached hydrogen (secondary N) is 1. The smallest absolute Gasteiger partial charge is 0.283 e. The molecule has 0 fully saturated rings. The Morgan fingerprint density at radius 1 is 1.18 bits per heavy atom. The largest absolute Gasteiger partial charge is 0.317 e. The molecule has 0 spiro atoms. The third-order valence-corrected chi connectivity index (χ3v) is 5.68. The molecule has 3 heterocycles. The molecule has 4 rings (SSSR count). The minimum absolute atomic E-state index is 0.0721. The maximum absolute atomic E-state index is 12.6. The summed E-state index contributed by atoms with van der Waals surface area (Å²) in [6.07, 6.45) is 5.47. The predicted molar refractivity (Wildman–Crippen MR) is 115 cm³/mol. The monoisotopic (exact) mass is 391 g/mol. The lowest BCUT2D eigenvalue weighted by atomic mass is 10.1. The van der Waals surface area contributed by atoms with Crippen LogP contribution in [0.1, 0.15) is 36.6 Å². The molecule has 1 aromatic heterocycles. The van der Waals surface area contributed by atoms with Gasteiger partial charge in [-0.3, -0.25) is 10.2 Å². The van der Waals surface area contributed by atoms with Crippen LogP contribution in [0.2, 0.25) is 0 Å². The van der Waals surface area contributed by atoms with Crippen molar-refractivity contribution in [2.24, 2.45) is 10.1 Å². The Morgan fingerprint density at radius 3 is 2.64 bits per heavy atom. The number of thioether (sulfide) groups is 1. The zero-order chi connectivity index (χ0) is 19.8. The van der Waals surface area contributed by atoms with Gasteiger partial charge in [-0.15, -0.1) is 0 Å². The van der Waals surface area contributed by atoms with E-state index in [1.54, 1.807) is 6.08 Å². The number of amidine groups is 2. The van der Waals surface area contributed by atoms with Gasteiger partial charge in [-0.25, -0.2) is 0 Å². The third-order valence-electron chi connectivity index (χ3n) is 4.71. The number of hydrazone groups is 1. The number of carbonyl (C=O) groups is 1. The summed E-state index contributed by atoms with van der Waals surface area (Å²) < 4.78 is 2.04. The molecule has 1 amide bonds. The van der Waals surface area contributed by atoms with Crippen molar-refractivity contribution in [3.63, 3.8) is 0 Å². The summed E-state index contributed by atoms with van der Waals surface area (Å²) in [5.41, 5.74) is 4.45. The Balaban J connectivity index is 1.75. The van der Waals surface area contributed by atoms with Crippen LogP contribution in [0.5, 0.6) is 0 Å². The fourth-order valence-electron chi connectivity index (χ4n) is 3.40. The molecular weight excluding hydrogens is 370 g/mol. The van der Waals surface area contributed by atoms with Crippen molar-refractivity contribution in [3.8, 4) is 5.69 Å². The zero-order valence-corrected chi connectivity index (χ0v) is 16.9. The van der Waals surface area contributed by atoms with E-state index >= 15 is 0 Å². The van der Waals surface area contributed by atoms with Crippen LogP contribution >= 0.6 is 11.8 Å². The highest BCUT2D eigenvalue weighted by Crippen LogP contribution is 2.30. The van der Waals surface area contributed by atoms with Gasteiger partial charge in [0, 0.05) is 11.9 Å². The molecule has 0 unspecified atom stereocenters. The molecule has 1 aromatic carbocycles. The molecule has 2 aliphatic heterocycles. The highest BCUT2D eigenvalue weighted by Gasteiger charge is 2.35. The van der Waals surface area contributed by atoms with Crippen LogP contribution in [0, 0.1) is 19.3 Å². The van der Waals surface area contributed by atoms with Gasteiger partial charge in [0.2, 0.25) is 5.17 Å². The molecule has 0 aliphatic carbocycles. The summed E-state index contributed by atoms with van der Waals surface area (Å²) in [4.78, 5) is 16.8. The van der Waals surface area contributed by atoms with Gasteiger partial charge < -0.3 is 4.57 Å². The SMILES string of the molecule is CCCC1=NN2C(=N)/C(=C\c3cccn3-c3c(C)cccc3C)C(=O)N=C2S1. The molecule has 0 saturated heterocycles. The van der Waals surface area contributed by atoms with E-state index in [4.69, 9.17) is 5.41 Å². The first-order valence-electron chi connectivity index (χ1n) is 9.22. The van der Waals surface area contributed by atoms with Crippen LogP contribution in [-0.4, -0.2) is 31.5 Å². The van der Waals surface area contributed by atoms with Crippen LogP contribution in [0.4, 0.5) is 0 Å². The van der Waals surface area contributed by atoms with Gasteiger partial charge in [0.25, 0.3) is 5.91 Å². The number of hydrogen-bond acceptors (Lipinski definition) is 4. The van der Waals surface area contributed by atoms with Gasteiger partial charge in [0.15, 0.2) is 5.84 Å². The van der Waals surface area contributed by atoms with E-state index in [0.717, 1.165) is 40.4 Å². The fourth-order valence-corrected chi connectivity index (χ4v) is 4.38. The molecule has 142 valence electrons. The van der Waals surface area contributed by atoms with Gasteiger partial charge in [-0.05, 0) is 67.8 Å². The van der Waals surface area contributed by atoms with Crippen molar-refractivity contribution in [2.75, 3.05) is 0 Å². The number of aromatic nitrogens is 1. The maximum atomic E-state index is 12.6. The Labute approximate surface area is 168 Å². The highest BCUT2D eigenvalue weighted by molar-refractivity contribution is 8.26. The summed E-state index contributed by atoms with van der Waals surface area (Å²) in [6.45, 7) is 6.20. The number of para-hydroxylation sites is 1. The van der Waals surface area contributed by atoms with Gasteiger partial charge in [-0.1, -0.05) is 25.1 Å². The molecule has 0 bridgehead atoms. The van der Waals surface area contributed by atoms with Gasteiger partial charge in [0.1, 0.15) is 5.04 Å². The van der Waals surface area contributed by atoms with E-state index in [0.29, 0.717) is 5.17 Å². The van der Waals surface area contributed by atoms with Crippen LogP contribution in [0.25, 0.3) is 11.8 Å². The van der Waals surface area contributed by atoms with Crippen molar-refractivity contribution in [3.05, 3.63) is 58.9 Å². The first-order chi connectivity index (χ1) is 13.5. The van der Waals surface area contributed by atoms with Crippen molar-refractivity contribution >= 4 is 39.8 Å². The lowest BCUT2D eigenvalue weighted by molar-refractivity contribution is -0.114. The average Bonchev–Trinajstić information content (AvgIpc) is 3.26. The Kier molecular flexibility index (Phi) is 4.77. The lowest BCUT2D eigenvalue weighted by Crippen LogP contribution is -2.35. The lowest BCUT2D eigenvalue weighted by Gasteiger charge is -2.20. The molecular formula is C21H21N5OS. The standard InChI is InChI=1S/C21H21N5OS/c1-4-7-17-24-26-19(22)16(20(27)23-21(26)28-17)12-15-10-6-11-25(15)18-13(2)8-5-9-14(18)3/h5-6,8-12,22H,4,7H2,1-3H3/b16-12+,22-19?. The zero-order valence-electron chi connectivity index (χ0n) is 16.1. The van der Waals surface area contributed by atoms with Gasteiger partial charge in [-0.2, -0.15) is 15.1 Å². The molecule has 0 saturated carbocycles. The quantitative estimate of drug-likeness (QED) is 0.779. The van der Waals surface area contributed by atoms with Crippen molar-refractivity contribution in [2.45, 2.75) is 33.6 Å². The first-order valence-corrected chi connectivity index (χ1v) is 10.0. The van der Waals surface area contributed by atoms with E-state index in [1.165, 1.54) is 16.8 Å². The molecule has 28 heavy (non-hydrogen) atoms. The number of fused-ring (bicyclic) bond motifs is 1. The predicted octanol–water partition coefficient (Wildman–Crippen LogP) is 4.51. The van der Waals surface area contributed by atoms with E-state index in [1.807, 2.05) is 29.0 Å². The van der Waals surface area contributed by atoms with Crippen LogP contribution in [0.15, 0.2) is 52.2 Å². The molecule has 2 aliphatic rings. The van der Waals surface area contributed by atoms with Crippen LogP contribution in [-0.2, 0) is 4.79 Å². The van der Waals surface area contributed by atoms with Crippen molar-refractivity contribution in [1.29, 1.82) is 5.41 Å². The van der Waals surface area contributed by atoms with E-state index in [2.05, 4.69) is 43.0 Å². The first kappa shape index (κ1) is 18.4. The molecule has 7 heteroatoms. The average molecular weight is 392 g/mol. The summed E-state index contributed by atoms with van der Waals surface area (Å²) in [5, 5.41) is 15.8. The number of nitrogens with zero attached hydrogens (tertiary/aromatic N) is 4. The van der Waals surface area contributed by atoms with Crippen molar-refractivity contribution in [1.82, 2.24) is 9.58 Å². The molecule has 0 atom stereocenters. The minimum Gasteiger partial charge on any atom is -0.317 e. The second kappa shape index (κ2) is 7.24. The Hall–Kier alpha value is -2.93. The maximum Gasteiger partial charge on any atom is 0.283 e. The summed E-state index contributed by atoms with van der Waals surface area (Å²) >= 11 is 1.37. The van der Waals surface area contributed by atoms with Crippen molar-refractivity contribution < 1.29 is 4.79 Å². The van der Waals surface area contributed by atoms with Crippen LogP contribution in [0.3, 0.4) is 0 Å². The topological polar surface area (TPSA) is 73.8 Å². The molecule has 2 aromatic rings. The number of aliphatic imine (C=N–C) groups is 1. The summed E-state index contributed by atoms with van der Waals surface area (Å²) in [5.74, 6) is -0.325. The van der Waals surface area contributed by atoms with E-state index in [9.17, 15) is 4.79 Å². The van der Waals surface area contributed by atoms with Gasteiger partial charge >= 0.3 is 0 Å². The second-order valence-corrected chi connectivity index (χ2v) is 7.85. The number of rotatable bonds is 4. The number of amides is 1. The summed E-state index contributed by atoms with van der Waals surface area (Å²) in [6, 6.07) is 10.0. The van der Waals surface area contributed by atoms with E-state index < -0.39 is 5.91 Å². The molecule has 6 nitrogen and oxygen atoms in total. The Bertz CT molecular complexity index is 1060. The molecule has 0 radical (unpaired) electrons. The van der Waals surface area contributed by atoms with Gasteiger partial charge in [0.05, 0.1) is 11.3 Å². The normalized spacial score (nSPS) is 17.8. The highest BCUT2D eigenvalue weighted by atomic mass is 32.2. The number of aryl methyl sites for hydroxylation is 2. The number of hydrogen-bond donors (Lipinski definition) is 1. The Morgan fingerprint density at radius 2 is 1.93 bits per heavy atom. The second-order valence-electron chi connectivity index (χ2n) is 6.81. The fraction of sp³-hybridized carbons (Fsp3) is 0.238. The van der Waals surface area contributed by atoms with Crippen LogP contribution < -0.4 is 0 Å². The molecule has 1 N–H and O–H groups in total.